The molecule has 0 fully saturated rings. The molecule has 0 bridgehead atoms. The molecule has 1 aromatic carbocycles. The lowest BCUT2D eigenvalue weighted by Crippen LogP contribution is -2.19. The third kappa shape index (κ3) is 3.41. The van der Waals surface area contributed by atoms with Gasteiger partial charge in [-0.15, -0.1) is 0 Å². The molecule has 1 N–H and O–H groups in total. The SMILES string of the molecule is COc1cc(F)c([C@H](C)NCc2cnc3onc(C)c3c2)cc1OC. The summed E-state index contributed by atoms with van der Waals surface area (Å²) in [6.07, 6.45) is 1.72. The molecule has 25 heavy (non-hydrogen) atoms. The van der Waals surface area contributed by atoms with E-state index in [4.69, 9.17) is 14.0 Å². The zero-order valence-electron chi connectivity index (χ0n) is 14.6. The van der Waals surface area contributed by atoms with E-state index >= 15 is 0 Å². The number of nitrogens with zero attached hydrogens (tertiary/aromatic N) is 2. The van der Waals surface area contributed by atoms with Gasteiger partial charge in [-0.05, 0) is 31.5 Å². The van der Waals surface area contributed by atoms with Gasteiger partial charge in [-0.25, -0.2) is 9.37 Å². The summed E-state index contributed by atoms with van der Waals surface area (Å²) in [5.41, 5.74) is 2.78. The predicted molar refractivity (Wildman–Crippen MR) is 91.3 cm³/mol. The lowest BCUT2D eigenvalue weighted by Gasteiger charge is -2.17. The summed E-state index contributed by atoms with van der Waals surface area (Å²) in [7, 11) is 3.01. The number of halogens is 1. The van der Waals surface area contributed by atoms with Crippen molar-refractivity contribution in [3.05, 3.63) is 47.0 Å². The summed E-state index contributed by atoms with van der Waals surface area (Å²) in [4.78, 5) is 4.24. The topological polar surface area (TPSA) is 69.4 Å². The molecule has 0 unspecified atom stereocenters. The van der Waals surface area contributed by atoms with E-state index in [9.17, 15) is 4.39 Å². The molecule has 2 aromatic heterocycles. The third-order valence-electron chi connectivity index (χ3n) is 4.15. The Morgan fingerprint density at radius 1 is 1.20 bits per heavy atom. The number of rotatable bonds is 6. The highest BCUT2D eigenvalue weighted by Gasteiger charge is 2.16. The maximum atomic E-state index is 14.3. The van der Waals surface area contributed by atoms with Crippen LogP contribution in [0, 0.1) is 12.7 Å². The highest BCUT2D eigenvalue weighted by molar-refractivity contribution is 5.75. The van der Waals surface area contributed by atoms with E-state index in [0.29, 0.717) is 29.3 Å². The fraction of sp³-hybridized carbons (Fsp3) is 0.333. The first-order chi connectivity index (χ1) is 12.0. The van der Waals surface area contributed by atoms with Gasteiger partial charge in [0.25, 0.3) is 5.71 Å². The molecule has 7 heteroatoms. The average Bonchev–Trinajstić information content (AvgIpc) is 3.00. The second kappa shape index (κ2) is 7.06. The molecule has 0 aliphatic rings. The van der Waals surface area contributed by atoms with Crippen molar-refractivity contribution < 1.29 is 18.4 Å². The van der Waals surface area contributed by atoms with Gasteiger partial charge in [-0.1, -0.05) is 5.16 Å². The normalized spacial score (nSPS) is 12.4. The Balaban J connectivity index is 1.77. The lowest BCUT2D eigenvalue weighted by atomic mass is 10.1. The van der Waals surface area contributed by atoms with Crippen molar-refractivity contribution in [1.29, 1.82) is 0 Å². The highest BCUT2D eigenvalue weighted by Crippen LogP contribution is 2.32. The molecule has 2 heterocycles. The minimum Gasteiger partial charge on any atom is -0.493 e. The smallest absolute Gasteiger partial charge is 0.257 e. The molecule has 3 aromatic rings. The third-order valence-corrected chi connectivity index (χ3v) is 4.15. The van der Waals surface area contributed by atoms with E-state index in [1.54, 1.807) is 12.3 Å². The van der Waals surface area contributed by atoms with Gasteiger partial charge in [-0.3, -0.25) is 0 Å². The van der Waals surface area contributed by atoms with E-state index in [-0.39, 0.29) is 11.9 Å². The van der Waals surface area contributed by atoms with Crippen molar-refractivity contribution in [2.45, 2.75) is 26.4 Å². The first-order valence-electron chi connectivity index (χ1n) is 7.89. The maximum Gasteiger partial charge on any atom is 0.257 e. The minimum absolute atomic E-state index is 0.223. The lowest BCUT2D eigenvalue weighted by molar-refractivity contribution is 0.350. The predicted octanol–water partition coefficient (Wildman–Crippen LogP) is 3.54. The summed E-state index contributed by atoms with van der Waals surface area (Å²) >= 11 is 0. The Hall–Kier alpha value is -2.67. The zero-order chi connectivity index (χ0) is 18.0. The monoisotopic (exact) mass is 345 g/mol. The standard InChI is InChI=1S/C18H20FN3O3/c1-10(13-6-16(23-3)17(24-4)7-15(13)19)20-8-12-5-14-11(2)22-25-18(14)21-9-12/h5-7,9-10,20H,8H2,1-4H3/t10-/m0/s1. The van der Waals surface area contributed by atoms with E-state index < -0.39 is 0 Å². The van der Waals surface area contributed by atoms with Crippen molar-refractivity contribution in [3.63, 3.8) is 0 Å². The Labute approximate surface area is 144 Å². The molecule has 1 atom stereocenters. The molecule has 6 nitrogen and oxygen atoms in total. The summed E-state index contributed by atoms with van der Waals surface area (Å²) in [5.74, 6) is 0.519. The summed E-state index contributed by atoms with van der Waals surface area (Å²) in [6, 6.07) is 4.73. The van der Waals surface area contributed by atoms with Crippen LogP contribution in [0.15, 0.2) is 28.9 Å². The summed E-state index contributed by atoms with van der Waals surface area (Å²) < 4.78 is 29.8. The van der Waals surface area contributed by atoms with Crippen LogP contribution < -0.4 is 14.8 Å². The first kappa shape index (κ1) is 17.2. The van der Waals surface area contributed by atoms with E-state index in [1.165, 1.54) is 20.3 Å². The quantitative estimate of drug-likeness (QED) is 0.737. The number of hydrogen-bond donors (Lipinski definition) is 1. The Morgan fingerprint density at radius 2 is 1.92 bits per heavy atom. The van der Waals surface area contributed by atoms with Gasteiger partial charge in [0, 0.05) is 30.4 Å². The van der Waals surface area contributed by atoms with Gasteiger partial charge < -0.3 is 19.3 Å². The van der Waals surface area contributed by atoms with Gasteiger partial charge in [0.2, 0.25) is 0 Å². The van der Waals surface area contributed by atoms with E-state index in [0.717, 1.165) is 16.6 Å². The van der Waals surface area contributed by atoms with Crippen LogP contribution >= 0.6 is 0 Å². The molecular formula is C18H20FN3O3. The fourth-order valence-corrected chi connectivity index (χ4v) is 2.67. The summed E-state index contributed by atoms with van der Waals surface area (Å²) in [6.45, 7) is 4.29. The minimum atomic E-state index is -0.346. The average molecular weight is 345 g/mol. The Morgan fingerprint density at radius 3 is 2.64 bits per heavy atom. The van der Waals surface area contributed by atoms with Gasteiger partial charge in [0.15, 0.2) is 11.5 Å². The van der Waals surface area contributed by atoms with Crippen LogP contribution in [0.25, 0.3) is 11.1 Å². The molecule has 0 amide bonds. The van der Waals surface area contributed by atoms with Gasteiger partial charge in [-0.2, -0.15) is 0 Å². The number of fused-ring (bicyclic) bond motifs is 1. The Bertz CT molecular complexity index is 895. The largest absolute Gasteiger partial charge is 0.493 e. The van der Waals surface area contributed by atoms with Crippen molar-refractivity contribution in [3.8, 4) is 11.5 Å². The van der Waals surface area contributed by atoms with Crippen LogP contribution in [-0.4, -0.2) is 24.4 Å². The highest BCUT2D eigenvalue weighted by atomic mass is 19.1. The Kier molecular flexibility index (Phi) is 4.85. The number of ether oxygens (including phenoxy) is 2. The number of hydrogen-bond acceptors (Lipinski definition) is 6. The van der Waals surface area contributed by atoms with E-state index in [1.807, 2.05) is 19.9 Å². The first-order valence-corrected chi connectivity index (χ1v) is 7.89. The summed E-state index contributed by atoms with van der Waals surface area (Å²) in [5, 5.41) is 8.07. The second-order valence-corrected chi connectivity index (χ2v) is 5.80. The van der Waals surface area contributed by atoms with Crippen LogP contribution in [0.2, 0.25) is 0 Å². The molecule has 0 spiro atoms. The van der Waals surface area contributed by atoms with Crippen LogP contribution in [0.5, 0.6) is 11.5 Å². The van der Waals surface area contributed by atoms with Crippen LogP contribution in [0.1, 0.15) is 29.8 Å². The van der Waals surface area contributed by atoms with Crippen LogP contribution in [-0.2, 0) is 6.54 Å². The number of pyridine rings is 1. The van der Waals surface area contributed by atoms with Gasteiger partial charge >= 0.3 is 0 Å². The number of aromatic nitrogens is 2. The molecule has 0 aliphatic carbocycles. The van der Waals surface area contributed by atoms with Gasteiger partial charge in [0.05, 0.1) is 25.3 Å². The molecule has 3 rings (SSSR count). The molecular weight excluding hydrogens is 325 g/mol. The number of methoxy groups -OCH3 is 2. The molecule has 0 aliphatic heterocycles. The molecule has 0 saturated carbocycles. The fourth-order valence-electron chi connectivity index (χ4n) is 2.67. The number of aryl methyl sites for hydroxylation is 1. The zero-order valence-corrected chi connectivity index (χ0v) is 14.6. The molecule has 0 radical (unpaired) electrons. The maximum absolute atomic E-state index is 14.3. The van der Waals surface area contributed by atoms with Crippen molar-refractivity contribution in [2.75, 3.05) is 14.2 Å². The number of nitrogens with one attached hydrogen (secondary N) is 1. The van der Waals surface area contributed by atoms with Gasteiger partial charge in [0.1, 0.15) is 5.82 Å². The van der Waals surface area contributed by atoms with E-state index in [2.05, 4.69) is 15.5 Å². The molecule has 0 saturated heterocycles. The van der Waals surface area contributed by atoms with Crippen molar-refractivity contribution in [1.82, 2.24) is 15.5 Å². The second-order valence-electron chi connectivity index (χ2n) is 5.80. The number of benzene rings is 1. The molecule has 132 valence electrons. The van der Waals surface area contributed by atoms with Crippen molar-refractivity contribution in [2.24, 2.45) is 0 Å². The van der Waals surface area contributed by atoms with Crippen molar-refractivity contribution >= 4 is 11.1 Å². The van der Waals surface area contributed by atoms with Crippen LogP contribution in [0.4, 0.5) is 4.39 Å². The van der Waals surface area contributed by atoms with Crippen LogP contribution in [0.3, 0.4) is 0 Å².